The van der Waals surface area contributed by atoms with Crippen molar-refractivity contribution >= 4 is 17.0 Å². The molecule has 28 heavy (non-hydrogen) atoms. The molecule has 0 unspecified atom stereocenters. The normalized spacial score (nSPS) is 11.0. The highest BCUT2D eigenvalue weighted by molar-refractivity contribution is 5.91. The number of hydrogen-bond acceptors (Lipinski definition) is 5. The standard InChI is InChI=1S/C21H20N4O3/c1-4-16-13(2)24-25(21-22-17-7-5-6-8-18(17)23-21)19(16)28-20(26)14-9-11-15(27-3)12-10-14/h5-12H,4H2,1-3H3,(H,22,23). The molecule has 4 aromatic rings. The van der Waals surface area contributed by atoms with Crippen molar-refractivity contribution in [2.75, 3.05) is 7.11 Å². The summed E-state index contributed by atoms with van der Waals surface area (Å²) in [6, 6.07) is 14.5. The number of rotatable bonds is 5. The number of nitrogens with one attached hydrogen (secondary N) is 1. The van der Waals surface area contributed by atoms with Crippen LogP contribution in [0, 0.1) is 6.92 Å². The Kier molecular flexibility index (Phi) is 4.57. The average molecular weight is 376 g/mol. The Morgan fingerprint density at radius 1 is 1.14 bits per heavy atom. The van der Waals surface area contributed by atoms with Crippen molar-refractivity contribution in [1.29, 1.82) is 0 Å². The lowest BCUT2D eigenvalue weighted by molar-refractivity contribution is 0.0721. The van der Waals surface area contributed by atoms with Gasteiger partial charge in [-0.1, -0.05) is 19.1 Å². The zero-order valence-corrected chi connectivity index (χ0v) is 15.9. The van der Waals surface area contributed by atoms with Crippen LogP contribution in [0.5, 0.6) is 11.6 Å². The Hall–Kier alpha value is -3.61. The molecule has 0 bridgehead atoms. The van der Waals surface area contributed by atoms with Crippen LogP contribution >= 0.6 is 0 Å². The summed E-state index contributed by atoms with van der Waals surface area (Å²) in [6.07, 6.45) is 0.678. The second-order valence-electron chi connectivity index (χ2n) is 6.33. The third-order valence-electron chi connectivity index (χ3n) is 4.58. The number of H-pyrrole nitrogens is 1. The molecule has 4 rings (SSSR count). The second-order valence-corrected chi connectivity index (χ2v) is 6.33. The second kappa shape index (κ2) is 7.19. The maximum Gasteiger partial charge on any atom is 0.344 e. The fourth-order valence-corrected chi connectivity index (χ4v) is 3.11. The van der Waals surface area contributed by atoms with Gasteiger partial charge >= 0.3 is 5.97 Å². The first kappa shape index (κ1) is 17.8. The topological polar surface area (TPSA) is 82.0 Å². The molecule has 0 saturated carbocycles. The van der Waals surface area contributed by atoms with Crippen LogP contribution < -0.4 is 9.47 Å². The third-order valence-corrected chi connectivity index (χ3v) is 4.58. The van der Waals surface area contributed by atoms with Crippen LogP contribution in [0.2, 0.25) is 0 Å². The zero-order chi connectivity index (χ0) is 19.7. The summed E-state index contributed by atoms with van der Waals surface area (Å²) < 4.78 is 12.4. The van der Waals surface area contributed by atoms with Gasteiger partial charge in [0.1, 0.15) is 5.75 Å². The van der Waals surface area contributed by atoms with Crippen molar-refractivity contribution in [3.05, 3.63) is 65.4 Å². The largest absolute Gasteiger partial charge is 0.497 e. The number of ether oxygens (including phenoxy) is 2. The zero-order valence-electron chi connectivity index (χ0n) is 15.9. The molecule has 0 aliphatic rings. The van der Waals surface area contributed by atoms with E-state index in [1.54, 1.807) is 36.1 Å². The summed E-state index contributed by atoms with van der Waals surface area (Å²) in [6.45, 7) is 3.89. The first-order valence-electron chi connectivity index (χ1n) is 9.00. The predicted octanol–water partition coefficient (Wildman–Crippen LogP) is 3.85. The van der Waals surface area contributed by atoms with E-state index >= 15 is 0 Å². The molecule has 142 valence electrons. The van der Waals surface area contributed by atoms with E-state index in [0.29, 0.717) is 29.6 Å². The molecule has 0 radical (unpaired) electrons. The van der Waals surface area contributed by atoms with E-state index < -0.39 is 5.97 Å². The van der Waals surface area contributed by atoms with Crippen LogP contribution in [0.15, 0.2) is 48.5 Å². The number of esters is 1. The van der Waals surface area contributed by atoms with Crippen molar-refractivity contribution in [3.8, 4) is 17.6 Å². The van der Waals surface area contributed by atoms with Gasteiger partial charge in [0.25, 0.3) is 0 Å². The minimum atomic E-state index is -0.463. The van der Waals surface area contributed by atoms with Gasteiger partial charge in [0.2, 0.25) is 11.8 Å². The summed E-state index contributed by atoms with van der Waals surface area (Å²) in [5.74, 6) is 1.09. The third kappa shape index (κ3) is 3.11. The van der Waals surface area contributed by atoms with Crippen LogP contribution in [-0.2, 0) is 6.42 Å². The maximum absolute atomic E-state index is 12.7. The average Bonchev–Trinajstić information content (AvgIpc) is 3.28. The molecule has 1 N–H and O–H groups in total. The molecule has 0 saturated heterocycles. The smallest absolute Gasteiger partial charge is 0.344 e. The molecular formula is C21H20N4O3. The van der Waals surface area contributed by atoms with Crippen molar-refractivity contribution in [2.45, 2.75) is 20.3 Å². The van der Waals surface area contributed by atoms with E-state index in [1.165, 1.54) is 0 Å². The molecule has 2 aromatic carbocycles. The van der Waals surface area contributed by atoms with Crippen LogP contribution in [0.3, 0.4) is 0 Å². The fourth-order valence-electron chi connectivity index (χ4n) is 3.11. The number of methoxy groups -OCH3 is 1. The van der Waals surface area contributed by atoms with Gasteiger partial charge in [-0.2, -0.15) is 9.78 Å². The Morgan fingerprint density at radius 3 is 2.57 bits per heavy atom. The fraction of sp³-hybridized carbons (Fsp3) is 0.190. The Bertz CT molecular complexity index is 1110. The SMILES string of the molecule is CCc1c(C)nn(-c2nc3ccccc3[nH]2)c1OC(=O)c1ccc(OC)cc1. The lowest BCUT2D eigenvalue weighted by Crippen LogP contribution is -2.13. The number of benzene rings is 2. The summed E-state index contributed by atoms with van der Waals surface area (Å²) in [5.41, 5.74) is 3.79. The molecular weight excluding hydrogens is 356 g/mol. The molecule has 2 aromatic heterocycles. The first-order chi connectivity index (χ1) is 13.6. The quantitative estimate of drug-likeness (QED) is 0.535. The number of para-hydroxylation sites is 2. The molecule has 2 heterocycles. The van der Waals surface area contributed by atoms with Gasteiger partial charge in [-0.3, -0.25) is 0 Å². The van der Waals surface area contributed by atoms with E-state index in [9.17, 15) is 4.79 Å². The van der Waals surface area contributed by atoms with E-state index in [2.05, 4.69) is 15.1 Å². The summed E-state index contributed by atoms with van der Waals surface area (Å²) >= 11 is 0. The number of carbonyl (C=O) groups excluding carboxylic acids is 1. The number of aromatic amines is 1. The van der Waals surface area contributed by atoms with Crippen molar-refractivity contribution in [3.63, 3.8) is 0 Å². The van der Waals surface area contributed by atoms with Gasteiger partial charge in [0, 0.05) is 5.56 Å². The van der Waals surface area contributed by atoms with Crippen LogP contribution in [0.25, 0.3) is 17.0 Å². The number of nitrogens with zero attached hydrogens (tertiary/aromatic N) is 3. The van der Waals surface area contributed by atoms with Crippen LogP contribution in [0.1, 0.15) is 28.5 Å². The van der Waals surface area contributed by atoms with Crippen molar-refractivity contribution in [1.82, 2.24) is 19.7 Å². The van der Waals surface area contributed by atoms with Crippen LogP contribution in [0.4, 0.5) is 0 Å². The van der Waals surface area contributed by atoms with Crippen molar-refractivity contribution < 1.29 is 14.3 Å². The van der Waals surface area contributed by atoms with E-state index in [4.69, 9.17) is 9.47 Å². The highest BCUT2D eigenvalue weighted by Crippen LogP contribution is 2.27. The predicted molar refractivity (Wildman–Crippen MR) is 105 cm³/mol. The number of aromatic nitrogens is 4. The summed E-state index contributed by atoms with van der Waals surface area (Å²) in [4.78, 5) is 20.5. The lowest BCUT2D eigenvalue weighted by atomic mass is 10.2. The molecule has 0 fully saturated rings. The maximum atomic E-state index is 12.7. The minimum Gasteiger partial charge on any atom is -0.497 e. The van der Waals surface area contributed by atoms with Gasteiger partial charge in [-0.15, -0.1) is 0 Å². The van der Waals surface area contributed by atoms with Gasteiger partial charge in [0.15, 0.2) is 0 Å². The van der Waals surface area contributed by atoms with E-state index in [-0.39, 0.29) is 0 Å². The molecule has 7 heteroatoms. The van der Waals surface area contributed by atoms with Gasteiger partial charge in [-0.05, 0) is 49.7 Å². The van der Waals surface area contributed by atoms with Crippen molar-refractivity contribution in [2.24, 2.45) is 0 Å². The molecule has 0 aliphatic carbocycles. The van der Waals surface area contributed by atoms with Gasteiger partial charge < -0.3 is 14.5 Å². The number of aryl methyl sites for hydroxylation is 1. The Morgan fingerprint density at radius 2 is 1.89 bits per heavy atom. The Labute approximate surface area is 161 Å². The molecule has 0 aliphatic heterocycles. The van der Waals surface area contributed by atoms with E-state index in [1.807, 2.05) is 38.1 Å². The number of carbonyl (C=O) groups is 1. The molecule has 0 atom stereocenters. The highest BCUT2D eigenvalue weighted by Gasteiger charge is 2.22. The molecule has 7 nitrogen and oxygen atoms in total. The Balaban J connectivity index is 1.73. The first-order valence-corrected chi connectivity index (χ1v) is 9.00. The molecule has 0 spiro atoms. The van der Waals surface area contributed by atoms with E-state index in [0.717, 1.165) is 22.3 Å². The number of fused-ring (bicyclic) bond motifs is 1. The number of hydrogen-bond donors (Lipinski definition) is 1. The highest BCUT2D eigenvalue weighted by atomic mass is 16.5. The monoisotopic (exact) mass is 376 g/mol. The number of imidazole rings is 1. The summed E-state index contributed by atoms with van der Waals surface area (Å²) in [5, 5.41) is 4.55. The summed E-state index contributed by atoms with van der Waals surface area (Å²) in [7, 11) is 1.58. The van der Waals surface area contributed by atoms with Gasteiger partial charge in [0.05, 0.1) is 29.4 Å². The van der Waals surface area contributed by atoms with Gasteiger partial charge in [-0.25, -0.2) is 9.78 Å². The lowest BCUT2D eigenvalue weighted by Gasteiger charge is -2.08. The minimum absolute atomic E-state index is 0.375. The van der Waals surface area contributed by atoms with Crippen LogP contribution in [-0.4, -0.2) is 32.8 Å². The molecule has 0 amide bonds.